The Morgan fingerprint density at radius 3 is 2.29 bits per heavy atom. The molecule has 0 aliphatic rings. The average Bonchev–Trinajstić information content (AvgIpc) is 2.63. The average molecular weight is 318 g/mol. The highest BCUT2D eigenvalue weighted by Crippen LogP contribution is 2.23. The third-order valence-electron chi connectivity index (χ3n) is 3.62. The summed E-state index contributed by atoms with van der Waals surface area (Å²) < 4.78 is 5.57. The molecule has 0 aliphatic carbocycles. The molecule has 1 heterocycles. The van der Waals surface area contributed by atoms with Gasteiger partial charge in [-0.05, 0) is 36.8 Å². The molecule has 3 rings (SSSR count). The normalized spacial score (nSPS) is 11.5. The van der Waals surface area contributed by atoms with Crippen molar-refractivity contribution in [2.45, 2.75) is 13.0 Å². The van der Waals surface area contributed by atoms with E-state index in [1.165, 1.54) is 0 Å². The van der Waals surface area contributed by atoms with Crippen molar-refractivity contribution in [3.05, 3.63) is 90.3 Å². The molecular weight excluding hydrogens is 300 g/mol. The summed E-state index contributed by atoms with van der Waals surface area (Å²) in [5, 5.41) is 3.24. The number of hydrogen-bond acceptors (Lipinski definition) is 4. The molecule has 0 aliphatic heterocycles. The predicted octanol–water partition coefficient (Wildman–Crippen LogP) is 4.15. The third-order valence-corrected chi connectivity index (χ3v) is 3.62. The standard InChI is InChI=1S/C20H18N2O2/c1-15-18(13-8-14-21-15)24-20(23)19(16-9-4-2-5-10-16)22-17-11-6-3-7-12-17/h2-14,19,22H,1H3/t19-/m1/s1. The Kier molecular flexibility index (Phi) is 4.87. The van der Waals surface area contributed by atoms with E-state index >= 15 is 0 Å². The van der Waals surface area contributed by atoms with Crippen LogP contribution in [0.3, 0.4) is 0 Å². The van der Waals surface area contributed by atoms with E-state index < -0.39 is 6.04 Å². The third kappa shape index (κ3) is 3.79. The number of carbonyl (C=O) groups is 1. The number of ether oxygens (including phenoxy) is 1. The lowest BCUT2D eigenvalue weighted by atomic mass is 10.1. The van der Waals surface area contributed by atoms with Crippen molar-refractivity contribution in [1.82, 2.24) is 4.98 Å². The molecule has 4 heteroatoms. The van der Waals surface area contributed by atoms with Gasteiger partial charge in [-0.1, -0.05) is 48.5 Å². The van der Waals surface area contributed by atoms with Gasteiger partial charge in [-0.25, -0.2) is 4.79 Å². The molecule has 0 fully saturated rings. The van der Waals surface area contributed by atoms with Gasteiger partial charge >= 0.3 is 5.97 Å². The topological polar surface area (TPSA) is 51.2 Å². The molecule has 1 atom stereocenters. The van der Waals surface area contributed by atoms with Crippen LogP contribution in [0.5, 0.6) is 5.75 Å². The fourth-order valence-electron chi connectivity index (χ4n) is 2.37. The molecule has 0 unspecified atom stereocenters. The van der Waals surface area contributed by atoms with Crippen LogP contribution in [0, 0.1) is 6.92 Å². The molecule has 1 N–H and O–H groups in total. The zero-order chi connectivity index (χ0) is 16.8. The molecule has 120 valence electrons. The highest BCUT2D eigenvalue weighted by molar-refractivity contribution is 5.83. The van der Waals surface area contributed by atoms with Gasteiger partial charge in [0.25, 0.3) is 0 Å². The number of rotatable bonds is 5. The van der Waals surface area contributed by atoms with Crippen molar-refractivity contribution in [1.29, 1.82) is 0 Å². The van der Waals surface area contributed by atoms with Gasteiger partial charge in [0.05, 0.1) is 5.69 Å². The van der Waals surface area contributed by atoms with Crippen molar-refractivity contribution in [3.63, 3.8) is 0 Å². The first-order valence-corrected chi connectivity index (χ1v) is 7.74. The van der Waals surface area contributed by atoms with E-state index in [1.54, 1.807) is 18.3 Å². The van der Waals surface area contributed by atoms with E-state index in [2.05, 4.69) is 10.3 Å². The largest absolute Gasteiger partial charge is 0.423 e. The Morgan fingerprint density at radius 1 is 0.958 bits per heavy atom. The van der Waals surface area contributed by atoms with Crippen LogP contribution < -0.4 is 10.1 Å². The molecule has 24 heavy (non-hydrogen) atoms. The summed E-state index contributed by atoms with van der Waals surface area (Å²) in [7, 11) is 0. The number of carbonyl (C=O) groups excluding carboxylic acids is 1. The second-order valence-corrected chi connectivity index (χ2v) is 5.36. The van der Waals surface area contributed by atoms with Gasteiger partial charge in [0.15, 0.2) is 11.8 Å². The molecule has 0 spiro atoms. The molecule has 1 aromatic heterocycles. The Balaban J connectivity index is 1.87. The predicted molar refractivity (Wildman–Crippen MR) is 93.9 cm³/mol. The highest BCUT2D eigenvalue weighted by Gasteiger charge is 2.23. The van der Waals surface area contributed by atoms with Gasteiger partial charge in [-0.2, -0.15) is 0 Å². The Labute approximate surface area is 141 Å². The van der Waals surface area contributed by atoms with Crippen molar-refractivity contribution in [2.24, 2.45) is 0 Å². The van der Waals surface area contributed by atoms with Crippen molar-refractivity contribution in [3.8, 4) is 5.75 Å². The molecule has 0 bridgehead atoms. The second kappa shape index (κ2) is 7.42. The first-order chi connectivity index (χ1) is 11.7. The summed E-state index contributed by atoms with van der Waals surface area (Å²) >= 11 is 0. The highest BCUT2D eigenvalue weighted by atomic mass is 16.5. The van der Waals surface area contributed by atoms with Crippen LogP contribution in [0.1, 0.15) is 17.3 Å². The molecule has 0 saturated carbocycles. The number of nitrogens with zero attached hydrogens (tertiary/aromatic N) is 1. The lowest BCUT2D eigenvalue weighted by molar-refractivity contribution is -0.135. The van der Waals surface area contributed by atoms with Gasteiger partial charge in [0.1, 0.15) is 0 Å². The quantitative estimate of drug-likeness (QED) is 0.718. The minimum atomic E-state index is -0.604. The smallest absolute Gasteiger partial charge is 0.338 e. The molecule has 2 aromatic carbocycles. The van der Waals surface area contributed by atoms with E-state index in [9.17, 15) is 4.79 Å². The summed E-state index contributed by atoms with van der Waals surface area (Å²) in [5.41, 5.74) is 2.37. The molecule has 0 saturated heterocycles. The Morgan fingerprint density at radius 2 is 1.62 bits per heavy atom. The summed E-state index contributed by atoms with van der Waals surface area (Å²) in [4.78, 5) is 16.9. The minimum absolute atomic E-state index is 0.374. The summed E-state index contributed by atoms with van der Waals surface area (Å²) in [5.74, 6) is 0.0967. The van der Waals surface area contributed by atoms with E-state index in [0.717, 1.165) is 11.3 Å². The van der Waals surface area contributed by atoms with Crippen LogP contribution in [0.15, 0.2) is 79.0 Å². The minimum Gasteiger partial charge on any atom is -0.423 e. The molecule has 4 nitrogen and oxygen atoms in total. The van der Waals surface area contributed by atoms with Crippen molar-refractivity contribution < 1.29 is 9.53 Å². The van der Waals surface area contributed by atoms with Crippen molar-refractivity contribution in [2.75, 3.05) is 5.32 Å². The maximum absolute atomic E-state index is 12.8. The van der Waals surface area contributed by atoms with Crippen molar-refractivity contribution >= 4 is 11.7 Å². The fraction of sp³-hybridized carbons (Fsp3) is 0.100. The first kappa shape index (κ1) is 15.7. The van der Waals surface area contributed by atoms with Gasteiger partial charge in [-0.15, -0.1) is 0 Å². The molecule has 0 amide bonds. The van der Waals surface area contributed by atoms with Crippen LogP contribution in [0.4, 0.5) is 5.69 Å². The Bertz CT molecular complexity index is 804. The van der Waals surface area contributed by atoms with E-state index in [1.807, 2.05) is 67.6 Å². The van der Waals surface area contributed by atoms with Crippen LogP contribution in [-0.2, 0) is 4.79 Å². The number of nitrogens with one attached hydrogen (secondary N) is 1. The number of aryl methyl sites for hydroxylation is 1. The number of esters is 1. The second-order valence-electron chi connectivity index (χ2n) is 5.36. The van der Waals surface area contributed by atoms with Crippen LogP contribution in [0.2, 0.25) is 0 Å². The maximum Gasteiger partial charge on any atom is 0.338 e. The lowest BCUT2D eigenvalue weighted by Crippen LogP contribution is -2.25. The number of pyridine rings is 1. The molecule has 0 radical (unpaired) electrons. The summed E-state index contributed by atoms with van der Waals surface area (Å²) in [6.45, 7) is 1.81. The van der Waals surface area contributed by atoms with E-state index in [4.69, 9.17) is 4.74 Å². The van der Waals surface area contributed by atoms with Gasteiger partial charge in [-0.3, -0.25) is 4.98 Å². The van der Waals surface area contributed by atoms with Crippen LogP contribution in [0.25, 0.3) is 0 Å². The number of benzene rings is 2. The van der Waals surface area contributed by atoms with Crippen LogP contribution >= 0.6 is 0 Å². The maximum atomic E-state index is 12.8. The lowest BCUT2D eigenvalue weighted by Gasteiger charge is -2.19. The van der Waals surface area contributed by atoms with Gasteiger partial charge < -0.3 is 10.1 Å². The molecule has 3 aromatic rings. The fourth-order valence-corrected chi connectivity index (χ4v) is 2.37. The zero-order valence-electron chi connectivity index (χ0n) is 13.3. The number of aromatic nitrogens is 1. The zero-order valence-corrected chi connectivity index (χ0v) is 13.3. The van der Waals surface area contributed by atoms with Gasteiger partial charge in [0, 0.05) is 11.9 Å². The number of para-hydroxylation sites is 1. The number of hydrogen-bond donors (Lipinski definition) is 1. The summed E-state index contributed by atoms with van der Waals surface area (Å²) in [6, 6.07) is 22.0. The molecular formula is C20H18N2O2. The summed E-state index contributed by atoms with van der Waals surface area (Å²) in [6.07, 6.45) is 1.67. The van der Waals surface area contributed by atoms with Crippen LogP contribution in [-0.4, -0.2) is 11.0 Å². The SMILES string of the molecule is Cc1ncccc1OC(=O)[C@H](Nc1ccccc1)c1ccccc1. The number of anilines is 1. The monoisotopic (exact) mass is 318 g/mol. The van der Waals surface area contributed by atoms with E-state index in [0.29, 0.717) is 11.4 Å². The Hall–Kier alpha value is -3.14. The first-order valence-electron chi connectivity index (χ1n) is 7.74. The van der Waals surface area contributed by atoms with E-state index in [-0.39, 0.29) is 5.97 Å². The van der Waals surface area contributed by atoms with Gasteiger partial charge in [0.2, 0.25) is 0 Å².